The van der Waals surface area contributed by atoms with Crippen molar-refractivity contribution in [1.29, 1.82) is 0 Å². The molecule has 0 aromatic rings. The average Bonchev–Trinajstić information content (AvgIpc) is 2.26. The molecule has 4 heteroatoms. The fourth-order valence-electron chi connectivity index (χ4n) is 3.00. The zero-order valence-corrected chi connectivity index (χ0v) is 10.7. The van der Waals surface area contributed by atoms with Crippen LogP contribution in [0.3, 0.4) is 0 Å². The maximum absolute atomic E-state index is 11.7. The molecule has 0 radical (unpaired) electrons. The Hall–Kier alpha value is -1.06. The summed E-state index contributed by atoms with van der Waals surface area (Å²) in [6, 6.07) is -0.202. The third-order valence-corrected chi connectivity index (χ3v) is 3.98. The van der Waals surface area contributed by atoms with Crippen LogP contribution in [0.15, 0.2) is 0 Å². The Labute approximate surface area is 103 Å². The van der Waals surface area contributed by atoms with Crippen molar-refractivity contribution in [2.75, 3.05) is 13.1 Å². The molecule has 2 rings (SSSR count). The van der Waals surface area contributed by atoms with Crippen molar-refractivity contribution in [2.45, 2.75) is 39.5 Å². The van der Waals surface area contributed by atoms with Crippen LogP contribution in [0.1, 0.15) is 39.5 Å². The molecule has 0 bridgehead atoms. The van der Waals surface area contributed by atoms with E-state index in [1.54, 1.807) is 0 Å². The number of nitrogens with one attached hydrogen (secondary N) is 1. The van der Waals surface area contributed by atoms with Crippen molar-refractivity contribution in [3.8, 4) is 0 Å². The third-order valence-electron chi connectivity index (χ3n) is 3.98. The van der Waals surface area contributed by atoms with Crippen molar-refractivity contribution in [3.63, 3.8) is 0 Å². The lowest BCUT2D eigenvalue weighted by molar-refractivity contribution is -0.125. The van der Waals surface area contributed by atoms with Crippen molar-refractivity contribution in [1.82, 2.24) is 10.2 Å². The Morgan fingerprint density at radius 2 is 2.06 bits per heavy atom. The first-order chi connectivity index (χ1) is 8.06. The predicted octanol–water partition coefficient (Wildman–Crippen LogP) is 2.00. The molecule has 1 aliphatic carbocycles. The number of carbonyl (C=O) groups excluding carboxylic acids is 2. The Balaban J connectivity index is 1.89. The number of rotatable bonds is 2. The van der Waals surface area contributed by atoms with E-state index in [-0.39, 0.29) is 17.9 Å². The lowest BCUT2D eigenvalue weighted by Gasteiger charge is -2.35. The van der Waals surface area contributed by atoms with Crippen molar-refractivity contribution < 1.29 is 9.59 Å². The van der Waals surface area contributed by atoms with Gasteiger partial charge in [0.15, 0.2) is 0 Å². The molecular weight excluding hydrogens is 216 g/mol. The van der Waals surface area contributed by atoms with Gasteiger partial charge in [-0.3, -0.25) is 10.1 Å². The summed E-state index contributed by atoms with van der Waals surface area (Å²) in [6.07, 6.45) is 5.02. The summed E-state index contributed by atoms with van der Waals surface area (Å²) in [5, 5.41) is 2.43. The molecule has 0 spiro atoms. The molecule has 1 heterocycles. The molecule has 1 saturated carbocycles. The van der Waals surface area contributed by atoms with E-state index in [4.69, 9.17) is 0 Å². The molecule has 96 valence electrons. The molecule has 1 N–H and O–H groups in total. The second-order valence-electron chi connectivity index (χ2n) is 5.74. The summed E-state index contributed by atoms with van der Waals surface area (Å²) in [4.78, 5) is 24.8. The zero-order valence-electron chi connectivity index (χ0n) is 10.7. The van der Waals surface area contributed by atoms with E-state index in [9.17, 15) is 9.59 Å². The minimum atomic E-state index is -0.202. The molecule has 3 amide bonds. The molecule has 3 unspecified atom stereocenters. The molecule has 2 aliphatic rings. The topological polar surface area (TPSA) is 49.4 Å². The van der Waals surface area contributed by atoms with Gasteiger partial charge >= 0.3 is 6.03 Å². The Bertz CT molecular complexity index is 317. The van der Waals surface area contributed by atoms with E-state index in [2.05, 4.69) is 12.2 Å². The van der Waals surface area contributed by atoms with Gasteiger partial charge in [0.1, 0.15) is 0 Å². The highest BCUT2D eigenvalue weighted by Crippen LogP contribution is 2.29. The van der Waals surface area contributed by atoms with Crippen LogP contribution in [0, 0.1) is 17.8 Å². The van der Waals surface area contributed by atoms with Crippen LogP contribution in [0.4, 0.5) is 4.79 Å². The summed E-state index contributed by atoms with van der Waals surface area (Å²) >= 11 is 0. The maximum Gasteiger partial charge on any atom is 0.324 e. The number of hydrogen-bond acceptors (Lipinski definition) is 2. The van der Waals surface area contributed by atoms with Crippen LogP contribution in [0.2, 0.25) is 0 Å². The maximum atomic E-state index is 11.7. The van der Waals surface area contributed by atoms with Gasteiger partial charge in [-0.05, 0) is 24.7 Å². The van der Waals surface area contributed by atoms with Crippen LogP contribution in [-0.2, 0) is 4.79 Å². The lowest BCUT2D eigenvalue weighted by atomic mass is 9.82. The van der Waals surface area contributed by atoms with Crippen molar-refractivity contribution >= 4 is 11.9 Å². The third kappa shape index (κ3) is 2.99. The number of urea groups is 1. The SMILES string of the molecule is CC1CCCC(CN2CC(C)C(=O)NC2=O)C1. The molecule has 1 saturated heterocycles. The van der Waals surface area contributed by atoms with Gasteiger partial charge in [-0.1, -0.05) is 26.7 Å². The zero-order chi connectivity index (χ0) is 12.4. The number of imide groups is 1. The fourth-order valence-corrected chi connectivity index (χ4v) is 3.00. The molecule has 0 aromatic heterocycles. The first-order valence-electron chi connectivity index (χ1n) is 6.66. The molecule has 3 atom stereocenters. The van der Waals surface area contributed by atoms with Gasteiger partial charge in [-0.15, -0.1) is 0 Å². The van der Waals surface area contributed by atoms with Crippen LogP contribution in [0.25, 0.3) is 0 Å². The van der Waals surface area contributed by atoms with Crippen molar-refractivity contribution in [2.24, 2.45) is 17.8 Å². The molecule has 4 nitrogen and oxygen atoms in total. The van der Waals surface area contributed by atoms with E-state index in [1.807, 2.05) is 11.8 Å². The number of hydrogen-bond donors (Lipinski definition) is 1. The summed E-state index contributed by atoms with van der Waals surface area (Å²) in [5.74, 6) is 1.18. The van der Waals surface area contributed by atoms with E-state index in [1.165, 1.54) is 25.7 Å². The summed E-state index contributed by atoms with van der Waals surface area (Å²) in [5.41, 5.74) is 0. The van der Waals surface area contributed by atoms with E-state index < -0.39 is 0 Å². The van der Waals surface area contributed by atoms with Gasteiger partial charge in [0, 0.05) is 13.1 Å². The molecule has 2 fully saturated rings. The molecule has 17 heavy (non-hydrogen) atoms. The number of nitrogens with zero attached hydrogens (tertiary/aromatic N) is 1. The standard InChI is InChI=1S/C13H22N2O2/c1-9-4-3-5-11(6-9)8-15-7-10(2)12(16)14-13(15)17/h9-11H,3-8H2,1-2H3,(H,14,16,17). The highest BCUT2D eigenvalue weighted by molar-refractivity contribution is 5.97. The predicted molar refractivity (Wildman–Crippen MR) is 65.4 cm³/mol. The Kier molecular flexibility index (Phi) is 3.69. The van der Waals surface area contributed by atoms with E-state index >= 15 is 0 Å². The van der Waals surface area contributed by atoms with E-state index in [0.29, 0.717) is 12.5 Å². The normalized spacial score (nSPS) is 34.7. The monoisotopic (exact) mass is 238 g/mol. The summed E-state index contributed by atoms with van der Waals surface area (Å²) in [6.45, 7) is 5.55. The molecule has 0 aromatic carbocycles. The first kappa shape index (κ1) is 12.4. The number of carbonyl (C=O) groups is 2. The fraction of sp³-hybridized carbons (Fsp3) is 0.846. The van der Waals surface area contributed by atoms with Gasteiger partial charge in [0.2, 0.25) is 5.91 Å². The summed E-state index contributed by atoms with van der Waals surface area (Å²) in [7, 11) is 0. The largest absolute Gasteiger partial charge is 0.324 e. The van der Waals surface area contributed by atoms with Crippen LogP contribution in [0.5, 0.6) is 0 Å². The van der Waals surface area contributed by atoms with Crippen LogP contribution in [-0.4, -0.2) is 29.9 Å². The Morgan fingerprint density at radius 1 is 1.29 bits per heavy atom. The smallest absolute Gasteiger partial charge is 0.323 e. The average molecular weight is 238 g/mol. The minimum absolute atomic E-state index is 0.0753. The van der Waals surface area contributed by atoms with Crippen LogP contribution >= 0.6 is 0 Å². The van der Waals surface area contributed by atoms with Crippen molar-refractivity contribution in [3.05, 3.63) is 0 Å². The number of amides is 3. The van der Waals surface area contributed by atoms with Gasteiger partial charge in [-0.25, -0.2) is 4.79 Å². The molecule has 1 aliphatic heterocycles. The lowest BCUT2D eigenvalue weighted by Crippen LogP contribution is -2.54. The minimum Gasteiger partial charge on any atom is -0.323 e. The highest BCUT2D eigenvalue weighted by atomic mass is 16.2. The van der Waals surface area contributed by atoms with Crippen LogP contribution < -0.4 is 5.32 Å². The second kappa shape index (κ2) is 5.07. The van der Waals surface area contributed by atoms with Gasteiger partial charge in [0.05, 0.1) is 5.92 Å². The highest BCUT2D eigenvalue weighted by Gasteiger charge is 2.31. The van der Waals surface area contributed by atoms with Gasteiger partial charge in [-0.2, -0.15) is 0 Å². The van der Waals surface area contributed by atoms with E-state index in [0.717, 1.165) is 12.5 Å². The quantitative estimate of drug-likeness (QED) is 0.800. The van der Waals surface area contributed by atoms with Gasteiger partial charge in [0.25, 0.3) is 0 Å². The molecular formula is C13H22N2O2. The Morgan fingerprint density at radius 3 is 2.76 bits per heavy atom. The van der Waals surface area contributed by atoms with Gasteiger partial charge < -0.3 is 4.90 Å². The first-order valence-corrected chi connectivity index (χ1v) is 6.66. The summed E-state index contributed by atoms with van der Waals surface area (Å²) < 4.78 is 0. The second-order valence-corrected chi connectivity index (χ2v) is 5.74.